The van der Waals surface area contributed by atoms with Gasteiger partial charge in [-0.2, -0.15) is 0 Å². The Morgan fingerprint density at radius 1 is 1.50 bits per heavy atom. The molecule has 0 unspecified atom stereocenters. The molecule has 86 valence electrons. The summed E-state index contributed by atoms with van der Waals surface area (Å²) in [5.74, 6) is -0.185. The van der Waals surface area contributed by atoms with Crippen molar-refractivity contribution in [1.82, 2.24) is 0 Å². The zero-order valence-corrected chi connectivity index (χ0v) is 9.67. The first-order valence-corrected chi connectivity index (χ1v) is 5.66. The second kappa shape index (κ2) is 4.44. The van der Waals surface area contributed by atoms with E-state index in [1.807, 2.05) is 12.1 Å². The van der Waals surface area contributed by atoms with E-state index in [0.29, 0.717) is 11.6 Å². The number of nitrogens with two attached hydrogens (primary N) is 1. The van der Waals surface area contributed by atoms with E-state index in [1.54, 1.807) is 12.1 Å². The average molecular weight is 240 g/mol. The lowest BCUT2D eigenvalue weighted by atomic mass is 10.1. The molecule has 0 radical (unpaired) electrons. The zero-order chi connectivity index (χ0) is 11.6. The summed E-state index contributed by atoms with van der Waals surface area (Å²) in [6.07, 6.45) is 1.69. The molecule has 0 atom stereocenters. The molecule has 0 bridgehead atoms. The fourth-order valence-corrected chi connectivity index (χ4v) is 1.78. The van der Waals surface area contributed by atoms with Crippen molar-refractivity contribution in [3.8, 4) is 0 Å². The minimum atomic E-state index is -0.390. The lowest BCUT2D eigenvalue weighted by Gasteiger charge is -2.11. The molecule has 1 aromatic carbocycles. The molecule has 1 aliphatic rings. The van der Waals surface area contributed by atoms with Gasteiger partial charge in [0.05, 0.1) is 5.41 Å². The Labute approximate surface area is 99.5 Å². The summed E-state index contributed by atoms with van der Waals surface area (Å²) in [4.78, 5) is 11.7. The van der Waals surface area contributed by atoms with Gasteiger partial charge >= 0.3 is 5.97 Å². The lowest BCUT2D eigenvalue weighted by molar-refractivity contribution is -0.151. The molecular formula is C12H14ClNO2. The van der Waals surface area contributed by atoms with Gasteiger partial charge < -0.3 is 10.5 Å². The first-order valence-electron chi connectivity index (χ1n) is 5.28. The molecule has 1 saturated carbocycles. The fraction of sp³-hybridized carbons (Fsp3) is 0.417. The maximum absolute atomic E-state index is 11.7. The van der Waals surface area contributed by atoms with Crippen molar-refractivity contribution in [1.29, 1.82) is 0 Å². The molecule has 1 aromatic rings. The summed E-state index contributed by atoms with van der Waals surface area (Å²) in [5, 5.41) is 0.647. The van der Waals surface area contributed by atoms with Gasteiger partial charge in [0, 0.05) is 11.6 Å². The fourth-order valence-electron chi connectivity index (χ4n) is 1.57. The van der Waals surface area contributed by atoms with Gasteiger partial charge in [0.15, 0.2) is 0 Å². The van der Waals surface area contributed by atoms with E-state index < -0.39 is 5.41 Å². The van der Waals surface area contributed by atoms with Gasteiger partial charge in [-0.3, -0.25) is 4.79 Å². The first kappa shape index (κ1) is 11.4. The predicted molar refractivity (Wildman–Crippen MR) is 62.0 cm³/mol. The van der Waals surface area contributed by atoms with E-state index in [4.69, 9.17) is 22.1 Å². The second-order valence-corrected chi connectivity index (χ2v) is 4.63. The molecule has 0 aliphatic heterocycles. The van der Waals surface area contributed by atoms with Gasteiger partial charge in [-0.25, -0.2) is 0 Å². The summed E-state index contributed by atoms with van der Waals surface area (Å²) in [6, 6.07) is 7.29. The highest BCUT2D eigenvalue weighted by Gasteiger charge is 2.50. The molecule has 1 aliphatic carbocycles. The summed E-state index contributed by atoms with van der Waals surface area (Å²) in [5.41, 5.74) is 6.05. The number of esters is 1. The molecule has 1 fully saturated rings. The number of halogens is 1. The Hall–Kier alpha value is -1.06. The van der Waals surface area contributed by atoms with Crippen LogP contribution in [0.25, 0.3) is 0 Å². The van der Waals surface area contributed by atoms with Crippen molar-refractivity contribution in [3.63, 3.8) is 0 Å². The number of hydrogen-bond donors (Lipinski definition) is 1. The van der Waals surface area contributed by atoms with E-state index in [2.05, 4.69) is 0 Å². The van der Waals surface area contributed by atoms with E-state index in [-0.39, 0.29) is 12.6 Å². The van der Waals surface area contributed by atoms with Gasteiger partial charge in [0.25, 0.3) is 0 Å². The first-order chi connectivity index (χ1) is 7.66. The van der Waals surface area contributed by atoms with Crippen LogP contribution in [0.4, 0.5) is 0 Å². The number of hydrogen-bond acceptors (Lipinski definition) is 3. The monoisotopic (exact) mass is 239 g/mol. The van der Waals surface area contributed by atoms with Gasteiger partial charge in [0.1, 0.15) is 6.61 Å². The molecule has 0 amide bonds. The molecule has 4 heteroatoms. The third-order valence-corrected chi connectivity index (χ3v) is 3.17. The maximum Gasteiger partial charge on any atom is 0.313 e. The van der Waals surface area contributed by atoms with Crippen LogP contribution in [0.5, 0.6) is 0 Å². The van der Waals surface area contributed by atoms with Crippen LogP contribution in [0, 0.1) is 5.41 Å². The number of carbonyl (C=O) groups excluding carboxylic acids is 1. The average Bonchev–Trinajstić information content (AvgIpc) is 3.07. The Bertz CT molecular complexity index is 402. The van der Waals surface area contributed by atoms with E-state index in [1.165, 1.54) is 0 Å². The van der Waals surface area contributed by atoms with Gasteiger partial charge in [-0.15, -0.1) is 0 Å². The predicted octanol–water partition coefficient (Wildman–Crippen LogP) is 2.12. The zero-order valence-electron chi connectivity index (χ0n) is 8.91. The third-order valence-electron chi connectivity index (χ3n) is 2.94. The number of carbonyl (C=O) groups is 1. The van der Waals surface area contributed by atoms with Crippen molar-refractivity contribution >= 4 is 17.6 Å². The summed E-state index contributed by atoms with van der Waals surface area (Å²) in [7, 11) is 0. The van der Waals surface area contributed by atoms with E-state index >= 15 is 0 Å². The van der Waals surface area contributed by atoms with Crippen LogP contribution in [0.2, 0.25) is 5.02 Å². The van der Waals surface area contributed by atoms with Crippen LogP contribution >= 0.6 is 11.6 Å². The molecule has 0 heterocycles. The molecule has 2 rings (SSSR count). The standard InChI is InChI=1S/C12H14ClNO2/c13-10-3-1-2-9(6-10)7-16-11(15)12(8-14)4-5-12/h1-3,6H,4-5,7-8,14H2. The summed E-state index contributed by atoms with van der Waals surface area (Å²) in [6.45, 7) is 0.641. The number of benzene rings is 1. The topological polar surface area (TPSA) is 52.3 Å². The highest BCUT2D eigenvalue weighted by Crippen LogP contribution is 2.45. The van der Waals surface area contributed by atoms with Crippen molar-refractivity contribution in [2.24, 2.45) is 11.1 Å². The van der Waals surface area contributed by atoms with E-state index in [9.17, 15) is 4.79 Å². The lowest BCUT2D eigenvalue weighted by Crippen LogP contribution is -2.27. The summed E-state index contributed by atoms with van der Waals surface area (Å²) < 4.78 is 5.22. The highest BCUT2D eigenvalue weighted by molar-refractivity contribution is 6.30. The minimum absolute atomic E-state index is 0.185. The molecular weight excluding hydrogens is 226 g/mol. The largest absolute Gasteiger partial charge is 0.460 e. The van der Waals surface area contributed by atoms with Crippen LogP contribution in [0.3, 0.4) is 0 Å². The van der Waals surface area contributed by atoms with Crippen LogP contribution < -0.4 is 5.73 Å². The smallest absolute Gasteiger partial charge is 0.313 e. The number of rotatable bonds is 4. The van der Waals surface area contributed by atoms with Gasteiger partial charge in [-0.05, 0) is 30.5 Å². The Balaban J connectivity index is 1.90. The maximum atomic E-state index is 11.7. The summed E-state index contributed by atoms with van der Waals surface area (Å²) >= 11 is 5.83. The molecule has 0 spiro atoms. The normalized spacial score (nSPS) is 16.9. The van der Waals surface area contributed by atoms with Gasteiger partial charge in [0.2, 0.25) is 0 Å². The van der Waals surface area contributed by atoms with Crippen LogP contribution in [-0.4, -0.2) is 12.5 Å². The highest BCUT2D eigenvalue weighted by atomic mass is 35.5. The van der Waals surface area contributed by atoms with E-state index in [0.717, 1.165) is 18.4 Å². The SMILES string of the molecule is NCC1(C(=O)OCc2cccc(Cl)c2)CC1. The van der Waals surface area contributed by atoms with Crippen molar-refractivity contribution in [2.75, 3.05) is 6.54 Å². The van der Waals surface area contributed by atoms with Crippen molar-refractivity contribution in [3.05, 3.63) is 34.9 Å². The van der Waals surface area contributed by atoms with Crippen LogP contribution in [-0.2, 0) is 16.1 Å². The Morgan fingerprint density at radius 3 is 2.81 bits per heavy atom. The number of ether oxygens (including phenoxy) is 1. The molecule has 3 nitrogen and oxygen atoms in total. The Morgan fingerprint density at radius 2 is 2.25 bits per heavy atom. The second-order valence-electron chi connectivity index (χ2n) is 4.19. The molecule has 0 saturated heterocycles. The van der Waals surface area contributed by atoms with Crippen molar-refractivity contribution in [2.45, 2.75) is 19.4 Å². The minimum Gasteiger partial charge on any atom is -0.460 e. The quantitative estimate of drug-likeness (QED) is 0.819. The molecule has 16 heavy (non-hydrogen) atoms. The third kappa shape index (κ3) is 2.36. The molecule has 2 N–H and O–H groups in total. The van der Waals surface area contributed by atoms with Crippen molar-refractivity contribution < 1.29 is 9.53 Å². The Kier molecular flexibility index (Phi) is 3.17. The molecule has 0 aromatic heterocycles. The van der Waals surface area contributed by atoms with Crippen LogP contribution in [0.15, 0.2) is 24.3 Å². The van der Waals surface area contributed by atoms with Crippen LogP contribution in [0.1, 0.15) is 18.4 Å². The van der Waals surface area contributed by atoms with Gasteiger partial charge in [-0.1, -0.05) is 23.7 Å².